The zero-order valence-electron chi connectivity index (χ0n) is 9.43. The number of hydrogen-bond donors (Lipinski definition) is 1. The molecule has 6 rings (SSSR count). The summed E-state index contributed by atoms with van der Waals surface area (Å²) < 4.78 is 0. The van der Waals surface area contributed by atoms with E-state index < -0.39 is 0 Å². The fourth-order valence-corrected chi connectivity index (χ4v) is 4.04. The first-order valence-corrected chi connectivity index (χ1v) is 6.39. The minimum atomic E-state index is 0.595. The highest BCUT2D eigenvalue weighted by atomic mass is 15.2. The van der Waals surface area contributed by atoms with E-state index in [0.29, 0.717) is 23.9 Å². The smallest absolute Gasteiger partial charge is 0.0343 e. The van der Waals surface area contributed by atoms with Crippen molar-refractivity contribution in [3.8, 4) is 0 Å². The Labute approximate surface area is 100 Å². The summed E-state index contributed by atoms with van der Waals surface area (Å²) in [6.07, 6.45) is 0. The van der Waals surface area contributed by atoms with Crippen molar-refractivity contribution in [2.45, 2.75) is 23.9 Å². The van der Waals surface area contributed by atoms with Gasteiger partial charge < -0.3 is 5.32 Å². The SMILES string of the molecule is c1ccc2c(c1)C1c3ccccc3C2[C@@H]2N[C@H]12. The molecule has 0 unspecified atom stereocenters. The topological polar surface area (TPSA) is 21.9 Å². The summed E-state index contributed by atoms with van der Waals surface area (Å²) in [7, 11) is 0. The van der Waals surface area contributed by atoms with Gasteiger partial charge in [0.1, 0.15) is 0 Å². The average molecular weight is 219 g/mol. The van der Waals surface area contributed by atoms with Crippen molar-refractivity contribution in [3.05, 3.63) is 70.8 Å². The number of hydrogen-bond acceptors (Lipinski definition) is 1. The lowest BCUT2D eigenvalue weighted by Crippen LogP contribution is -2.31. The summed E-state index contributed by atoms with van der Waals surface area (Å²) in [5.74, 6) is 1.19. The van der Waals surface area contributed by atoms with E-state index in [0.717, 1.165) is 0 Å². The van der Waals surface area contributed by atoms with Gasteiger partial charge in [-0.25, -0.2) is 0 Å². The molecular formula is C16H13N. The average Bonchev–Trinajstić information content (AvgIpc) is 3.18. The normalized spacial score (nSPS) is 34.8. The van der Waals surface area contributed by atoms with E-state index >= 15 is 0 Å². The summed E-state index contributed by atoms with van der Waals surface area (Å²) in [5.41, 5.74) is 6.23. The molecule has 2 bridgehead atoms. The summed E-state index contributed by atoms with van der Waals surface area (Å²) >= 11 is 0. The Hall–Kier alpha value is -1.60. The summed E-state index contributed by atoms with van der Waals surface area (Å²) in [6, 6.07) is 19.4. The van der Waals surface area contributed by atoms with Crippen LogP contribution in [0.4, 0.5) is 0 Å². The van der Waals surface area contributed by atoms with E-state index in [-0.39, 0.29) is 0 Å². The number of rotatable bonds is 0. The Morgan fingerprint density at radius 1 is 0.588 bits per heavy atom. The van der Waals surface area contributed by atoms with Gasteiger partial charge in [-0.3, -0.25) is 0 Å². The van der Waals surface area contributed by atoms with Crippen molar-refractivity contribution in [3.63, 3.8) is 0 Å². The fraction of sp³-hybridized carbons (Fsp3) is 0.250. The Balaban J connectivity index is 1.89. The van der Waals surface area contributed by atoms with Gasteiger partial charge in [0.05, 0.1) is 0 Å². The lowest BCUT2D eigenvalue weighted by molar-refractivity contribution is 0.600. The third-order valence-electron chi connectivity index (χ3n) is 4.71. The van der Waals surface area contributed by atoms with Crippen molar-refractivity contribution >= 4 is 0 Å². The van der Waals surface area contributed by atoms with Gasteiger partial charge in [0.25, 0.3) is 0 Å². The minimum Gasteiger partial charge on any atom is -0.306 e. The van der Waals surface area contributed by atoms with Crippen LogP contribution >= 0.6 is 0 Å². The van der Waals surface area contributed by atoms with Crippen LogP contribution in [-0.4, -0.2) is 12.1 Å². The van der Waals surface area contributed by atoms with Crippen LogP contribution in [0.2, 0.25) is 0 Å². The Morgan fingerprint density at radius 2 is 0.941 bits per heavy atom. The Morgan fingerprint density at radius 3 is 1.29 bits per heavy atom. The highest BCUT2D eigenvalue weighted by Crippen LogP contribution is 2.57. The molecule has 1 nitrogen and oxygen atoms in total. The quantitative estimate of drug-likeness (QED) is 0.676. The molecule has 1 heterocycles. The van der Waals surface area contributed by atoms with E-state index in [1.165, 1.54) is 0 Å². The molecule has 2 aromatic carbocycles. The van der Waals surface area contributed by atoms with Gasteiger partial charge in [-0.05, 0) is 22.3 Å². The molecule has 1 heteroatoms. The molecule has 0 spiro atoms. The number of benzene rings is 2. The molecule has 1 aliphatic heterocycles. The Bertz CT molecular complexity index is 529. The van der Waals surface area contributed by atoms with Gasteiger partial charge in [-0.2, -0.15) is 0 Å². The van der Waals surface area contributed by atoms with E-state index in [4.69, 9.17) is 0 Å². The molecule has 3 aliphatic carbocycles. The zero-order chi connectivity index (χ0) is 11.0. The maximum Gasteiger partial charge on any atom is 0.0343 e. The molecule has 1 saturated heterocycles. The van der Waals surface area contributed by atoms with Gasteiger partial charge in [0.2, 0.25) is 0 Å². The maximum atomic E-state index is 3.69. The van der Waals surface area contributed by atoms with Gasteiger partial charge in [0.15, 0.2) is 0 Å². The highest BCUT2D eigenvalue weighted by Gasteiger charge is 2.57. The van der Waals surface area contributed by atoms with E-state index in [2.05, 4.69) is 53.8 Å². The van der Waals surface area contributed by atoms with Crippen molar-refractivity contribution in [1.29, 1.82) is 0 Å². The molecule has 1 fully saturated rings. The van der Waals surface area contributed by atoms with Crippen LogP contribution in [0, 0.1) is 0 Å². The molecule has 0 saturated carbocycles. The van der Waals surface area contributed by atoms with E-state index in [9.17, 15) is 0 Å². The molecule has 0 amide bonds. The molecule has 2 atom stereocenters. The van der Waals surface area contributed by atoms with Crippen LogP contribution in [0.1, 0.15) is 34.1 Å². The second kappa shape index (κ2) is 2.62. The predicted octanol–water partition coefficient (Wildman–Crippen LogP) is 2.62. The van der Waals surface area contributed by atoms with Crippen molar-refractivity contribution in [1.82, 2.24) is 5.32 Å². The van der Waals surface area contributed by atoms with Gasteiger partial charge >= 0.3 is 0 Å². The lowest BCUT2D eigenvalue weighted by atomic mass is 9.64. The Kier molecular flexibility index (Phi) is 1.31. The molecular weight excluding hydrogens is 206 g/mol. The second-order valence-corrected chi connectivity index (χ2v) is 5.43. The maximum absolute atomic E-state index is 3.69. The van der Waals surface area contributed by atoms with Gasteiger partial charge in [-0.1, -0.05) is 48.5 Å². The summed E-state index contributed by atoms with van der Waals surface area (Å²) in [5, 5.41) is 3.69. The first-order valence-electron chi connectivity index (χ1n) is 6.39. The molecule has 1 N–H and O–H groups in total. The first kappa shape index (κ1) is 8.48. The highest BCUT2D eigenvalue weighted by molar-refractivity contribution is 5.61. The van der Waals surface area contributed by atoms with E-state index in [1.807, 2.05) is 0 Å². The summed E-state index contributed by atoms with van der Waals surface area (Å²) in [4.78, 5) is 0. The molecule has 17 heavy (non-hydrogen) atoms. The first-order chi connectivity index (χ1) is 8.45. The van der Waals surface area contributed by atoms with Crippen LogP contribution in [0.15, 0.2) is 48.5 Å². The number of nitrogens with one attached hydrogen (secondary N) is 1. The third-order valence-corrected chi connectivity index (χ3v) is 4.71. The van der Waals surface area contributed by atoms with Crippen LogP contribution < -0.4 is 5.32 Å². The second-order valence-electron chi connectivity index (χ2n) is 5.43. The van der Waals surface area contributed by atoms with Crippen LogP contribution in [-0.2, 0) is 0 Å². The minimum absolute atomic E-state index is 0.595. The third kappa shape index (κ3) is 0.872. The molecule has 4 aliphatic rings. The zero-order valence-corrected chi connectivity index (χ0v) is 9.43. The summed E-state index contributed by atoms with van der Waals surface area (Å²) in [6.45, 7) is 0. The monoisotopic (exact) mass is 219 g/mol. The standard InChI is InChI=1S/C16H13N/c1-2-6-10-9(5-1)13-11-7-3-4-8-12(11)14(10)16-15(13)17-16/h1-8,13-17H/t13?,14?,15-,16+. The van der Waals surface area contributed by atoms with Gasteiger partial charge in [0, 0.05) is 23.9 Å². The van der Waals surface area contributed by atoms with E-state index in [1.54, 1.807) is 22.3 Å². The fourth-order valence-electron chi connectivity index (χ4n) is 4.04. The molecule has 2 aromatic rings. The van der Waals surface area contributed by atoms with Gasteiger partial charge in [-0.15, -0.1) is 0 Å². The van der Waals surface area contributed by atoms with Crippen LogP contribution in [0.3, 0.4) is 0 Å². The largest absolute Gasteiger partial charge is 0.306 e. The molecule has 82 valence electrons. The van der Waals surface area contributed by atoms with Crippen molar-refractivity contribution < 1.29 is 0 Å². The lowest BCUT2D eigenvalue weighted by Gasteiger charge is -2.38. The molecule has 0 aromatic heterocycles. The molecule has 0 radical (unpaired) electrons. The van der Waals surface area contributed by atoms with Crippen LogP contribution in [0.5, 0.6) is 0 Å². The predicted molar refractivity (Wildman–Crippen MR) is 67.3 cm³/mol. The van der Waals surface area contributed by atoms with Crippen molar-refractivity contribution in [2.75, 3.05) is 0 Å². The van der Waals surface area contributed by atoms with Crippen LogP contribution in [0.25, 0.3) is 0 Å². The van der Waals surface area contributed by atoms with Crippen molar-refractivity contribution in [2.24, 2.45) is 0 Å².